The van der Waals surface area contributed by atoms with Crippen molar-refractivity contribution in [2.24, 2.45) is 0 Å². The Balaban J connectivity index is 1.37. The van der Waals surface area contributed by atoms with Crippen molar-refractivity contribution in [1.82, 2.24) is 24.6 Å². The first kappa shape index (κ1) is 21.1. The van der Waals surface area contributed by atoms with Crippen LogP contribution in [0.15, 0.2) is 18.2 Å². The standard InChI is InChI=1S/C22H26FN5O3S/c1-13-17(14(2)28(26-13)16-7-9-32(30,31)12-16)11-21(29)27-8-3-4-20(27)22-24-18-6-5-15(23)10-19(18)25-22/h5-6,10,16,20H,3-4,7-9,11-12H2,1-2H3,(H,24,25). The number of carbonyl (C=O) groups is 1. The van der Waals surface area contributed by atoms with Crippen LogP contribution >= 0.6 is 0 Å². The summed E-state index contributed by atoms with van der Waals surface area (Å²) in [5, 5.41) is 4.58. The van der Waals surface area contributed by atoms with Crippen LogP contribution in [0.3, 0.4) is 0 Å². The molecular weight excluding hydrogens is 433 g/mol. The van der Waals surface area contributed by atoms with Gasteiger partial charge in [0.25, 0.3) is 0 Å². The monoisotopic (exact) mass is 459 g/mol. The van der Waals surface area contributed by atoms with Crippen LogP contribution in [0.5, 0.6) is 0 Å². The van der Waals surface area contributed by atoms with Crippen molar-refractivity contribution >= 4 is 26.8 Å². The molecule has 2 saturated heterocycles. The van der Waals surface area contributed by atoms with Gasteiger partial charge in [-0.3, -0.25) is 9.48 Å². The van der Waals surface area contributed by atoms with Gasteiger partial charge in [-0.2, -0.15) is 5.10 Å². The van der Waals surface area contributed by atoms with Crippen LogP contribution in [0, 0.1) is 19.7 Å². The molecule has 2 aromatic heterocycles. The Morgan fingerprint density at radius 3 is 2.84 bits per heavy atom. The number of carbonyl (C=O) groups excluding carboxylic acids is 1. The van der Waals surface area contributed by atoms with E-state index in [0.717, 1.165) is 29.8 Å². The number of hydrogen-bond acceptors (Lipinski definition) is 5. The summed E-state index contributed by atoms with van der Waals surface area (Å²) in [6.45, 7) is 4.41. The highest BCUT2D eigenvalue weighted by molar-refractivity contribution is 7.91. The molecule has 3 aromatic rings. The van der Waals surface area contributed by atoms with Crippen molar-refractivity contribution in [1.29, 1.82) is 0 Å². The Labute approximate surface area is 185 Å². The number of benzene rings is 1. The molecule has 0 spiro atoms. The third kappa shape index (κ3) is 3.70. The van der Waals surface area contributed by atoms with Crippen molar-refractivity contribution in [2.75, 3.05) is 18.1 Å². The lowest BCUT2D eigenvalue weighted by molar-refractivity contribution is -0.131. The molecule has 0 saturated carbocycles. The van der Waals surface area contributed by atoms with E-state index in [1.165, 1.54) is 12.1 Å². The summed E-state index contributed by atoms with van der Waals surface area (Å²) in [7, 11) is -3.02. The number of rotatable bonds is 4. The first-order chi connectivity index (χ1) is 15.2. The van der Waals surface area contributed by atoms with Crippen LogP contribution in [0.1, 0.15) is 54.1 Å². The number of imidazole rings is 1. The number of nitrogens with zero attached hydrogens (tertiary/aromatic N) is 4. The molecule has 2 fully saturated rings. The van der Waals surface area contributed by atoms with Crippen molar-refractivity contribution in [2.45, 2.75) is 51.6 Å². The van der Waals surface area contributed by atoms with Crippen LogP contribution in [0.25, 0.3) is 11.0 Å². The number of hydrogen-bond donors (Lipinski definition) is 1. The Morgan fingerprint density at radius 2 is 2.09 bits per heavy atom. The first-order valence-corrected chi connectivity index (χ1v) is 12.7. The Morgan fingerprint density at radius 1 is 1.28 bits per heavy atom. The van der Waals surface area contributed by atoms with Gasteiger partial charge in [-0.05, 0) is 51.3 Å². The average molecular weight is 460 g/mol. The number of nitrogens with one attached hydrogen (secondary N) is 1. The number of aromatic amines is 1. The van der Waals surface area contributed by atoms with Crippen molar-refractivity contribution in [3.8, 4) is 0 Å². The molecule has 8 nitrogen and oxygen atoms in total. The molecule has 2 atom stereocenters. The Bertz CT molecular complexity index is 1310. The average Bonchev–Trinajstić information content (AvgIpc) is 3.49. The van der Waals surface area contributed by atoms with Gasteiger partial charge in [0.15, 0.2) is 9.84 Å². The lowest BCUT2D eigenvalue weighted by Gasteiger charge is -2.23. The topological polar surface area (TPSA) is 101 Å². The van der Waals surface area contributed by atoms with Gasteiger partial charge in [0.2, 0.25) is 5.91 Å². The maximum absolute atomic E-state index is 13.5. The van der Waals surface area contributed by atoms with E-state index in [1.807, 2.05) is 18.7 Å². The SMILES string of the molecule is Cc1nn(C2CCS(=O)(=O)C2)c(C)c1CC(=O)N1CCCC1c1nc2ccc(F)cc2[nH]1. The van der Waals surface area contributed by atoms with E-state index in [4.69, 9.17) is 0 Å². The van der Waals surface area contributed by atoms with Crippen LogP contribution in [0.2, 0.25) is 0 Å². The molecule has 5 rings (SSSR count). The summed E-state index contributed by atoms with van der Waals surface area (Å²) in [6.07, 6.45) is 2.44. The van der Waals surface area contributed by atoms with Gasteiger partial charge in [0.1, 0.15) is 11.6 Å². The number of halogens is 1. The quantitative estimate of drug-likeness (QED) is 0.647. The van der Waals surface area contributed by atoms with Crippen LogP contribution in [-0.4, -0.2) is 57.0 Å². The molecule has 0 radical (unpaired) electrons. The molecule has 2 aliphatic rings. The Hall–Kier alpha value is -2.75. The van der Waals surface area contributed by atoms with Gasteiger partial charge >= 0.3 is 0 Å². The highest BCUT2D eigenvalue weighted by Gasteiger charge is 2.34. The fourth-order valence-electron chi connectivity index (χ4n) is 5.04. The molecule has 0 aliphatic carbocycles. The van der Waals surface area contributed by atoms with E-state index in [9.17, 15) is 17.6 Å². The smallest absolute Gasteiger partial charge is 0.227 e. The normalized spacial score (nSPS) is 22.8. The largest absolute Gasteiger partial charge is 0.340 e. The molecule has 1 N–H and O–H groups in total. The van der Waals surface area contributed by atoms with Gasteiger partial charge in [-0.15, -0.1) is 0 Å². The predicted octanol–water partition coefficient (Wildman–Crippen LogP) is 2.78. The summed E-state index contributed by atoms with van der Waals surface area (Å²) in [6, 6.07) is 4.09. The number of aryl methyl sites for hydroxylation is 1. The number of H-pyrrole nitrogens is 1. The fourth-order valence-corrected chi connectivity index (χ4v) is 6.73. The molecule has 1 aromatic carbocycles. The summed E-state index contributed by atoms with van der Waals surface area (Å²) < 4.78 is 39.1. The molecule has 170 valence electrons. The number of likely N-dealkylation sites (tertiary alicyclic amines) is 1. The van der Waals surface area contributed by atoms with E-state index in [2.05, 4.69) is 15.1 Å². The zero-order valence-electron chi connectivity index (χ0n) is 18.1. The lowest BCUT2D eigenvalue weighted by atomic mass is 10.1. The molecular formula is C22H26FN5O3S. The van der Waals surface area contributed by atoms with Crippen molar-refractivity contribution in [3.05, 3.63) is 46.8 Å². The minimum Gasteiger partial charge on any atom is -0.340 e. The molecule has 1 amide bonds. The van der Waals surface area contributed by atoms with E-state index in [0.29, 0.717) is 29.8 Å². The second-order valence-corrected chi connectivity index (χ2v) is 11.1. The van der Waals surface area contributed by atoms with Gasteiger partial charge in [0.05, 0.1) is 46.7 Å². The molecule has 10 heteroatoms. The van der Waals surface area contributed by atoms with Gasteiger partial charge < -0.3 is 9.88 Å². The van der Waals surface area contributed by atoms with Gasteiger partial charge in [0, 0.05) is 17.8 Å². The zero-order valence-corrected chi connectivity index (χ0v) is 19.0. The molecule has 32 heavy (non-hydrogen) atoms. The van der Waals surface area contributed by atoms with Crippen molar-refractivity contribution in [3.63, 3.8) is 0 Å². The number of fused-ring (bicyclic) bond motifs is 1. The van der Waals surface area contributed by atoms with Gasteiger partial charge in [-0.25, -0.2) is 17.8 Å². The highest BCUT2D eigenvalue weighted by Crippen LogP contribution is 2.33. The maximum atomic E-state index is 13.5. The lowest BCUT2D eigenvalue weighted by Crippen LogP contribution is -2.32. The third-order valence-corrected chi connectivity index (χ3v) is 8.46. The first-order valence-electron chi connectivity index (χ1n) is 10.9. The minimum absolute atomic E-state index is 0.0102. The van der Waals surface area contributed by atoms with E-state index < -0.39 is 9.84 Å². The Kier molecular flexibility index (Phi) is 5.07. The maximum Gasteiger partial charge on any atom is 0.227 e. The highest BCUT2D eigenvalue weighted by atomic mass is 32.2. The fraction of sp³-hybridized carbons (Fsp3) is 0.500. The molecule has 2 aliphatic heterocycles. The second-order valence-electron chi connectivity index (χ2n) is 8.86. The zero-order chi connectivity index (χ0) is 22.6. The molecule has 2 unspecified atom stereocenters. The molecule has 0 bridgehead atoms. The van der Waals surface area contributed by atoms with E-state index in [1.54, 1.807) is 10.7 Å². The van der Waals surface area contributed by atoms with E-state index in [-0.39, 0.29) is 41.7 Å². The van der Waals surface area contributed by atoms with Gasteiger partial charge in [-0.1, -0.05) is 0 Å². The molecule has 4 heterocycles. The second kappa shape index (κ2) is 7.68. The summed E-state index contributed by atoms with van der Waals surface area (Å²) in [5.74, 6) is 0.621. The predicted molar refractivity (Wildman–Crippen MR) is 117 cm³/mol. The number of aromatic nitrogens is 4. The minimum atomic E-state index is -3.02. The van der Waals surface area contributed by atoms with E-state index >= 15 is 0 Å². The van der Waals surface area contributed by atoms with Crippen molar-refractivity contribution < 1.29 is 17.6 Å². The number of sulfone groups is 1. The number of amides is 1. The van der Waals surface area contributed by atoms with Crippen LogP contribution in [-0.2, 0) is 21.1 Å². The van der Waals surface area contributed by atoms with Crippen LogP contribution < -0.4 is 0 Å². The van der Waals surface area contributed by atoms with Crippen LogP contribution in [0.4, 0.5) is 4.39 Å². The third-order valence-electron chi connectivity index (χ3n) is 6.71. The summed E-state index contributed by atoms with van der Waals surface area (Å²) >= 11 is 0. The summed E-state index contributed by atoms with van der Waals surface area (Å²) in [5.41, 5.74) is 3.78. The summed E-state index contributed by atoms with van der Waals surface area (Å²) in [4.78, 5) is 22.9.